The topological polar surface area (TPSA) is 69.2 Å². The van der Waals surface area contributed by atoms with Crippen LogP contribution in [-0.2, 0) is 0 Å². The van der Waals surface area contributed by atoms with Gasteiger partial charge in [0.25, 0.3) is 0 Å². The van der Waals surface area contributed by atoms with Crippen molar-refractivity contribution in [2.75, 3.05) is 7.11 Å². The molecule has 0 atom stereocenters. The molecule has 0 saturated heterocycles. The quantitative estimate of drug-likeness (QED) is 0.764. The van der Waals surface area contributed by atoms with E-state index in [9.17, 15) is 9.59 Å². The SMILES string of the molecule is COc1ccc(-c2cnc(C=O)c(C=O)n2)cc1. The van der Waals surface area contributed by atoms with Gasteiger partial charge in [0.15, 0.2) is 12.6 Å². The number of carbonyl (C=O) groups excluding carboxylic acids is 2. The van der Waals surface area contributed by atoms with Crippen LogP contribution in [0.3, 0.4) is 0 Å². The van der Waals surface area contributed by atoms with Crippen LogP contribution in [0.25, 0.3) is 11.3 Å². The van der Waals surface area contributed by atoms with E-state index in [0.29, 0.717) is 18.3 Å². The number of ether oxygens (including phenoxy) is 1. The number of benzene rings is 1. The van der Waals surface area contributed by atoms with Crippen molar-refractivity contribution in [2.24, 2.45) is 0 Å². The molecular formula is C13H10N2O3. The minimum atomic E-state index is 0.0401. The molecule has 0 unspecified atom stereocenters. The minimum Gasteiger partial charge on any atom is -0.497 e. The molecule has 0 aliphatic rings. The minimum absolute atomic E-state index is 0.0401. The van der Waals surface area contributed by atoms with Crippen molar-refractivity contribution in [1.29, 1.82) is 0 Å². The second kappa shape index (κ2) is 5.18. The molecule has 0 spiro atoms. The maximum Gasteiger partial charge on any atom is 0.170 e. The lowest BCUT2D eigenvalue weighted by molar-refractivity contribution is 0.108. The zero-order valence-corrected chi connectivity index (χ0v) is 9.66. The smallest absolute Gasteiger partial charge is 0.170 e. The largest absolute Gasteiger partial charge is 0.497 e. The van der Waals surface area contributed by atoms with Crippen molar-refractivity contribution < 1.29 is 14.3 Å². The molecule has 0 aliphatic carbocycles. The van der Waals surface area contributed by atoms with Crippen LogP contribution in [0.2, 0.25) is 0 Å². The Morgan fingerprint density at radius 3 is 2.28 bits per heavy atom. The van der Waals surface area contributed by atoms with E-state index in [0.717, 1.165) is 11.3 Å². The first kappa shape index (κ1) is 11.9. The number of methoxy groups -OCH3 is 1. The summed E-state index contributed by atoms with van der Waals surface area (Å²) in [5, 5.41) is 0. The molecule has 1 aromatic carbocycles. The van der Waals surface area contributed by atoms with Gasteiger partial charge in [-0.05, 0) is 24.3 Å². The second-order valence-electron chi connectivity index (χ2n) is 3.49. The van der Waals surface area contributed by atoms with Crippen molar-refractivity contribution in [3.05, 3.63) is 41.9 Å². The first-order chi connectivity index (χ1) is 8.78. The van der Waals surface area contributed by atoms with Gasteiger partial charge >= 0.3 is 0 Å². The molecule has 0 radical (unpaired) electrons. The molecule has 18 heavy (non-hydrogen) atoms. The fourth-order valence-corrected chi connectivity index (χ4v) is 1.49. The Bertz CT molecular complexity index is 579. The second-order valence-corrected chi connectivity index (χ2v) is 3.49. The van der Waals surface area contributed by atoms with Crippen LogP contribution in [-0.4, -0.2) is 29.7 Å². The van der Waals surface area contributed by atoms with E-state index in [4.69, 9.17) is 4.74 Å². The third-order valence-corrected chi connectivity index (χ3v) is 2.44. The van der Waals surface area contributed by atoms with Gasteiger partial charge < -0.3 is 4.74 Å². The predicted octanol–water partition coefficient (Wildman–Crippen LogP) is 1.78. The van der Waals surface area contributed by atoms with E-state index in [1.807, 2.05) is 0 Å². The Morgan fingerprint density at radius 1 is 1.06 bits per heavy atom. The first-order valence-electron chi connectivity index (χ1n) is 5.20. The molecule has 0 aliphatic heterocycles. The molecule has 0 bridgehead atoms. The van der Waals surface area contributed by atoms with Crippen LogP contribution in [0.1, 0.15) is 21.0 Å². The van der Waals surface area contributed by atoms with Crippen molar-refractivity contribution >= 4 is 12.6 Å². The number of carbonyl (C=O) groups is 2. The number of hydrogen-bond acceptors (Lipinski definition) is 5. The fraction of sp³-hybridized carbons (Fsp3) is 0.0769. The van der Waals surface area contributed by atoms with Crippen molar-refractivity contribution in [3.63, 3.8) is 0 Å². The molecule has 5 nitrogen and oxygen atoms in total. The van der Waals surface area contributed by atoms with Gasteiger partial charge in [-0.1, -0.05) is 0 Å². The van der Waals surface area contributed by atoms with Gasteiger partial charge in [0, 0.05) is 5.56 Å². The highest BCUT2D eigenvalue weighted by Crippen LogP contribution is 2.20. The van der Waals surface area contributed by atoms with Gasteiger partial charge in [-0.2, -0.15) is 0 Å². The Morgan fingerprint density at radius 2 is 1.72 bits per heavy atom. The monoisotopic (exact) mass is 242 g/mol. The molecule has 90 valence electrons. The van der Waals surface area contributed by atoms with E-state index in [-0.39, 0.29) is 11.4 Å². The number of rotatable bonds is 4. The number of aromatic nitrogens is 2. The van der Waals surface area contributed by atoms with E-state index >= 15 is 0 Å². The molecule has 0 fully saturated rings. The lowest BCUT2D eigenvalue weighted by atomic mass is 10.1. The zero-order chi connectivity index (χ0) is 13.0. The van der Waals surface area contributed by atoms with E-state index < -0.39 is 0 Å². The van der Waals surface area contributed by atoms with Crippen LogP contribution < -0.4 is 4.74 Å². The standard InChI is InChI=1S/C13H10N2O3/c1-18-10-4-2-9(3-5-10)11-6-14-12(7-16)13(8-17)15-11/h2-8H,1H3. The summed E-state index contributed by atoms with van der Waals surface area (Å²) in [6, 6.07) is 7.17. The summed E-state index contributed by atoms with van der Waals surface area (Å²) in [5.41, 5.74) is 1.41. The van der Waals surface area contributed by atoms with Crippen molar-refractivity contribution in [3.8, 4) is 17.0 Å². The third-order valence-electron chi connectivity index (χ3n) is 2.44. The Hall–Kier alpha value is -2.56. The third kappa shape index (κ3) is 2.24. The number of nitrogens with zero attached hydrogens (tertiary/aromatic N) is 2. The first-order valence-corrected chi connectivity index (χ1v) is 5.20. The maximum absolute atomic E-state index is 10.8. The van der Waals surface area contributed by atoms with E-state index in [2.05, 4.69) is 9.97 Å². The highest BCUT2D eigenvalue weighted by Gasteiger charge is 2.07. The van der Waals surface area contributed by atoms with E-state index in [1.54, 1.807) is 31.4 Å². The highest BCUT2D eigenvalue weighted by atomic mass is 16.5. The molecule has 2 rings (SSSR count). The van der Waals surface area contributed by atoms with Crippen molar-refractivity contribution in [1.82, 2.24) is 9.97 Å². The molecular weight excluding hydrogens is 232 g/mol. The lowest BCUT2D eigenvalue weighted by Crippen LogP contribution is -2.00. The summed E-state index contributed by atoms with van der Waals surface area (Å²) in [5.74, 6) is 0.729. The Labute approximate surface area is 103 Å². The molecule has 2 aromatic rings. The zero-order valence-electron chi connectivity index (χ0n) is 9.66. The Kier molecular flexibility index (Phi) is 3.43. The van der Waals surface area contributed by atoms with Crippen LogP contribution in [0.4, 0.5) is 0 Å². The number of aldehydes is 2. The Balaban J connectivity index is 2.43. The van der Waals surface area contributed by atoms with Crippen LogP contribution in [0.5, 0.6) is 5.75 Å². The van der Waals surface area contributed by atoms with Crippen LogP contribution in [0.15, 0.2) is 30.5 Å². The summed E-state index contributed by atoms with van der Waals surface area (Å²) in [6.45, 7) is 0. The average molecular weight is 242 g/mol. The summed E-state index contributed by atoms with van der Waals surface area (Å²) < 4.78 is 5.05. The maximum atomic E-state index is 10.8. The predicted molar refractivity (Wildman–Crippen MR) is 64.8 cm³/mol. The highest BCUT2D eigenvalue weighted by molar-refractivity contribution is 5.87. The molecule has 0 saturated carbocycles. The average Bonchev–Trinajstić information content (AvgIpc) is 2.46. The molecule has 5 heteroatoms. The molecule has 1 aromatic heterocycles. The molecule has 0 amide bonds. The summed E-state index contributed by atoms with van der Waals surface area (Å²) in [4.78, 5) is 29.4. The van der Waals surface area contributed by atoms with Crippen LogP contribution >= 0.6 is 0 Å². The van der Waals surface area contributed by atoms with Gasteiger partial charge in [-0.25, -0.2) is 9.97 Å². The number of hydrogen-bond donors (Lipinski definition) is 0. The van der Waals surface area contributed by atoms with Gasteiger partial charge in [-0.3, -0.25) is 9.59 Å². The van der Waals surface area contributed by atoms with Gasteiger partial charge in [0.2, 0.25) is 0 Å². The molecule has 1 heterocycles. The van der Waals surface area contributed by atoms with Crippen molar-refractivity contribution in [2.45, 2.75) is 0 Å². The van der Waals surface area contributed by atoms with Gasteiger partial charge in [-0.15, -0.1) is 0 Å². The van der Waals surface area contributed by atoms with Gasteiger partial charge in [0.05, 0.1) is 19.0 Å². The molecule has 0 N–H and O–H groups in total. The normalized spacial score (nSPS) is 9.83. The van der Waals surface area contributed by atoms with Crippen LogP contribution in [0, 0.1) is 0 Å². The summed E-state index contributed by atoms with van der Waals surface area (Å²) in [6.07, 6.45) is 2.48. The summed E-state index contributed by atoms with van der Waals surface area (Å²) in [7, 11) is 1.58. The van der Waals surface area contributed by atoms with E-state index in [1.165, 1.54) is 6.20 Å². The lowest BCUT2D eigenvalue weighted by Gasteiger charge is -2.04. The fourth-order valence-electron chi connectivity index (χ4n) is 1.49. The van der Waals surface area contributed by atoms with Gasteiger partial charge in [0.1, 0.15) is 17.1 Å². The summed E-state index contributed by atoms with van der Waals surface area (Å²) >= 11 is 0.